The van der Waals surface area contributed by atoms with Crippen molar-refractivity contribution in [3.8, 4) is 0 Å². The van der Waals surface area contributed by atoms with Crippen LogP contribution in [0.5, 0.6) is 0 Å². The van der Waals surface area contributed by atoms with E-state index in [0.29, 0.717) is 13.1 Å². The summed E-state index contributed by atoms with van der Waals surface area (Å²) in [6.07, 6.45) is 5.34. The summed E-state index contributed by atoms with van der Waals surface area (Å²) in [7, 11) is 5.57. The van der Waals surface area contributed by atoms with Crippen molar-refractivity contribution in [3.05, 3.63) is 47.2 Å². The highest BCUT2D eigenvalue weighted by Crippen LogP contribution is 2.35. The molecule has 214 valence electrons. The Bertz CT molecular complexity index is 1100. The third-order valence-corrected chi connectivity index (χ3v) is 6.81. The highest BCUT2D eigenvalue weighted by Gasteiger charge is 2.41. The van der Waals surface area contributed by atoms with E-state index in [1.165, 1.54) is 6.42 Å². The minimum absolute atomic E-state index is 0.101. The lowest BCUT2D eigenvalue weighted by Crippen LogP contribution is -2.60. The number of nitrogens with one attached hydrogen (secondary N) is 2. The van der Waals surface area contributed by atoms with Gasteiger partial charge in [0.2, 0.25) is 11.8 Å². The van der Waals surface area contributed by atoms with Gasteiger partial charge >= 0.3 is 0 Å². The number of benzene rings is 1. The number of allylic oxidation sites excluding steroid dienone is 1. The van der Waals surface area contributed by atoms with E-state index in [0.717, 1.165) is 27.6 Å². The molecule has 0 radical (unpaired) electrons. The molecule has 38 heavy (non-hydrogen) atoms. The van der Waals surface area contributed by atoms with Gasteiger partial charge in [0.25, 0.3) is 0 Å². The summed E-state index contributed by atoms with van der Waals surface area (Å²) >= 11 is 0. The van der Waals surface area contributed by atoms with Crippen LogP contribution in [0.3, 0.4) is 0 Å². The smallest absolute Gasteiger partial charge is 0.245 e. The van der Waals surface area contributed by atoms with Gasteiger partial charge in [-0.05, 0) is 43.5 Å². The number of nitrogens with zero attached hydrogens (tertiary/aromatic N) is 2. The van der Waals surface area contributed by atoms with E-state index in [4.69, 9.17) is 5.73 Å². The number of hydrogen-bond donors (Lipinski definition) is 3. The number of aryl methyl sites for hydroxylation is 1. The van der Waals surface area contributed by atoms with Crippen molar-refractivity contribution >= 4 is 22.7 Å². The molecule has 0 spiro atoms. The van der Waals surface area contributed by atoms with Crippen molar-refractivity contribution in [1.29, 1.82) is 0 Å². The van der Waals surface area contributed by atoms with Crippen molar-refractivity contribution in [2.75, 3.05) is 20.6 Å². The van der Waals surface area contributed by atoms with Crippen LogP contribution >= 0.6 is 0 Å². The Morgan fingerprint density at radius 3 is 2.16 bits per heavy atom. The van der Waals surface area contributed by atoms with E-state index < -0.39 is 22.9 Å². The van der Waals surface area contributed by atoms with E-state index >= 15 is 0 Å². The number of fused-ring (bicyclic) bond motifs is 1. The molecule has 0 aliphatic carbocycles. The van der Waals surface area contributed by atoms with Gasteiger partial charge in [0.05, 0.1) is 6.04 Å². The van der Waals surface area contributed by atoms with Crippen molar-refractivity contribution in [1.82, 2.24) is 20.1 Å². The average Bonchev–Trinajstić information content (AvgIpc) is 3.17. The SMILES string of the molecule is CCC.CNC(C(=O)NC(C(=O)N(C)CC=C(C)C)C(C)(C)C)C(C)(C)c1cn(C)c2cc(CN)ccc12. The predicted molar refractivity (Wildman–Crippen MR) is 161 cm³/mol. The lowest BCUT2D eigenvalue weighted by molar-refractivity contribution is -0.138. The Labute approximate surface area is 231 Å². The molecule has 1 aromatic heterocycles. The first-order valence-corrected chi connectivity index (χ1v) is 13.7. The highest BCUT2D eigenvalue weighted by molar-refractivity contribution is 5.93. The van der Waals surface area contributed by atoms with Gasteiger partial charge in [-0.15, -0.1) is 0 Å². The largest absolute Gasteiger partial charge is 0.350 e. The molecule has 1 heterocycles. The third-order valence-electron chi connectivity index (χ3n) is 6.81. The fraction of sp³-hybridized carbons (Fsp3) is 0.613. The van der Waals surface area contributed by atoms with Crippen molar-refractivity contribution in [2.45, 2.75) is 92.8 Å². The quantitative estimate of drug-likeness (QED) is 0.406. The molecule has 0 saturated heterocycles. The van der Waals surface area contributed by atoms with Gasteiger partial charge in [-0.25, -0.2) is 0 Å². The zero-order valence-corrected chi connectivity index (χ0v) is 26.0. The molecule has 0 saturated carbocycles. The zero-order valence-electron chi connectivity index (χ0n) is 26.0. The number of amides is 2. The predicted octanol–water partition coefficient (Wildman–Crippen LogP) is 4.87. The molecule has 0 bridgehead atoms. The molecule has 1 aromatic carbocycles. The van der Waals surface area contributed by atoms with Crippen LogP contribution in [-0.4, -0.2) is 54.0 Å². The molecule has 7 nitrogen and oxygen atoms in total. The molecule has 0 aliphatic heterocycles. The number of carbonyl (C=O) groups excluding carboxylic acids is 2. The van der Waals surface area contributed by atoms with Gasteiger partial charge in [-0.3, -0.25) is 9.59 Å². The zero-order chi connectivity index (χ0) is 29.4. The van der Waals surface area contributed by atoms with Gasteiger partial charge < -0.3 is 25.8 Å². The first-order valence-electron chi connectivity index (χ1n) is 13.7. The minimum Gasteiger partial charge on any atom is -0.350 e. The normalized spacial score (nSPS) is 13.3. The molecule has 2 atom stereocenters. The Hall–Kier alpha value is -2.64. The van der Waals surface area contributed by atoms with Gasteiger partial charge in [-0.1, -0.05) is 78.7 Å². The first-order chi connectivity index (χ1) is 17.6. The van der Waals surface area contributed by atoms with E-state index in [1.54, 1.807) is 19.0 Å². The molecule has 2 rings (SSSR count). The summed E-state index contributed by atoms with van der Waals surface area (Å²) in [6, 6.07) is 5.01. The molecular formula is C31H53N5O2. The summed E-state index contributed by atoms with van der Waals surface area (Å²) in [5, 5.41) is 7.41. The van der Waals surface area contributed by atoms with E-state index in [-0.39, 0.29) is 11.8 Å². The standard InChI is InChI=1S/C28H45N5O2.C3H8/c1-18(2)13-14-32(9)26(35)24(27(3,4)5)31-25(34)23(30-8)28(6,7)21-17-33(10)22-15-19(16-29)11-12-20(21)22;1-3-2/h11-13,15,17,23-24,30H,14,16,29H2,1-10H3,(H,31,34);3H2,1-2H3. The number of rotatable bonds is 9. The number of carbonyl (C=O) groups is 2. The molecule has 2 aromatic rings. The van der Waals surface area contributed by atoms with Gasteiger partial charge in [0.15, 0.2) is 0 Å². The topological polar surface area (TPSA) is 92.4 Å². The van der Waals surface area contributed by atoms with Crippen LogP contribution in [0.15, 0.2) is 36.0 Å². The maximum absolute atomic E-state index is 13.7. The summed E-state index contributed by atoms with van der Waals surface area (Å²) in [6.45, 7) is 19.3. The second-order valence-corrected chi connectivity index (χ2v) is 12.2. The van der Waals surface area contributed by atoms with Crippen molar-refractivity contribution in [2.24, 2.45) is 18.2 Å². The summed E-state index contributed by atoms with van der Waals surface area (Å²) < 4.78 is 2.08. The maximum atomic E-state index is 13.7. The van der Waals surface area contributed by atoms with E-state index in [9.17, 15) is 9.59 Å². The summed E-state index contributed by atoms with van der Waals surface area (Å²) in [5.41, 5.74) is 9.19. The molecule has 7 heteroatoms. The van der Waals surface area contributed by atoms with Gasteiger partial charge in [0.1, 0.15) is 6.04 Å². The monoisotopic (exact) mass is 527 g/mol. The van der Waals surface area contributed by atoms with Gasteiger partial charge in [-0.2, -0.15) is 0 Å². The maximum Gasteiger partial charge on any atom is 0.245 e. The molecule has 0 aliphatic rings. The van der Waals surface area contributed by atoms with E-state index in [2.05, 4.69) is 61.2 Å². The lowest BCUT2D eigenvalue weighted by Gasteiger charge is -2.38. The highest BCUT2D eigenvalue weighted by atomic mass is 16.2. The number of hydrogen-bond acceptors (Lipinski definition) is 4. The van der Waals surface area contributed by atoms with Crippen LogP contribution in [0.4, 0.5) is 0 Å². The van der Waals surface area contributed by atoms with Crippen LogP contribution in [0.25, 0.3) is 10.9 Å². The molecule has 2 unspecified atom stereocenters. The van der Waals surface area contributed by atoms with Crippen molar-refractivity contribution in [3.63, 3.8) is 0 Å². The molecule has 0 fully saturated rings. The van der Waals surface area contributed by atoms with Crippen LogP contribution in [-0.2, 0) is 28.6 Å². The number of nitrogens with two attached hydrogens (primary N) is 1. The Balaban J connectivity index is 0.00000229. The van der Waals surface area contributed by atoms with Gasteiger partial charge in [0, 0.05) is 49.7 Å². The van der Waals surface area contributed by atoms with Crippen molar-refractivity contribution < 1.29 is 9.59 Å². The summed E-state index contributed by atoms with van der Waals surface area (Å²) in [4.78, 5) is 28.7. The van der Waals surface area contributed by atoms with Crippen LogP contribution in [0.1, 0.15) is 79.9 Å². The minimum atomic E-state index is -0.656. The second kappa shape index (κ2) is 13.9. The van der Waals surface area contributed by atoms with Crippen LogP contribution in [0, 0.1) is 5.41 Å². The molecular weight excluding hydrogens is 474 g/mol. The fourth-order valence-electron chi connectivity index (χ4n) is 4.55. The van der Waals surface area contributed by atoms with Crippen LogP contribution in [0.2, 0.25) is 0 Å². The fourth-order valence-corrected chi connectivity index (χ4v) is 4.55. The van der Waals surface area contributed by atoms with Crippen LogP contribution < -0.4 is 16.4 Å². The first kappa shape index (κ1) is 33.4. The number of likely N-dealkylation sites (N-methyl/N-ethyl adjacent to an activating group) is 2. The average molecular weight is 528 g/mol. The lowest BCUT2D eigenvalue weighted by atomic mass is 9.76. The third kappa shape index (κ3) is 8.18. The molecule has 2 amide bonds. The van der Waals surface area contributed by atoms with E-state index in [1.807, 2.05) is 53.8 Å². The molecule has 4 N–H and O–H groups in total. The Morgan fingerprint density at radius 2 is 1.68 bits per heavy atom. The Kier molecular flexibility index (Phi) is 12.3. The Morgan fingerprint density at radius 1 is 1.11 bits per heavy atom. The second-order valence-electron chi connectivity index (χ2n) is 12.2. The summed E-state index contributed by atoms with van der Waals surface area (Å²) in [5.74, 6) is -0.299. The number of aromatic nitrogens is 1.